The van der Waals surface area contributed by atoms with Gasteiger partial charge in [0.2, 0.25) is 5.91 Å². The molecule has 1 aliphatic carbocycles. The minimum absolute atomic E-state index is 0.0683. The van der Waals surface area contributed by atoms with Gasteiger partial charge in [0.1, 0.15) is 6.54 Å². The van der Waals surface area contributed by atoms with E-state index in [2.05, 4.69) is 10.3 Å². The van der Waals surface area contributed by atoms with E-state index in [0.29, 0.717) is 10.9 Å². The Labute approximate surface area is 143 Å². The number of anilines is 2. The van der Waals surface area contributed by atoms with E-state index < -0.39 is 0 Å². The summed E-state index contributed by atoms with van der Waals surface area (Å²) in [5.74, 6) is -0.0388. The molecular weight excluding hydrogens is 326 g/mol. The molecule has 124 valence electrons. The van der Waals surface area contributed by atoms with Crippen LogP contribution in [0.1, 0.15) is 23.4 Å². The molecule has 6 nitrogen and oxygen atoms in total. The Bertz CT molecular complexity index is 779. The zero-order chi connectivity index (χ0) is 16.5. The molecule has 2 heterocycles. The molecule has 2 aliphatic rings. The number of hydrogen-bond acceptors (Lipinski definition) is 6. The highest BCUT2D eigenvalue weighted by molar-refractivity contribution is 7.15. The van der Waals surface area contributed by atoms with Gasteiger partial charge in [-0.05, 0) is 37.8 Å². The van der Waals surface area contributed by atoms with E-state index in [1.165, 1.54) is 11.3 Å². The topological polar surface area (TPSA) is 71.5 Å². The number of rotatable bonds is 3. The number of nitrogens with zero attached hydrogens (tertiary/aromatic N) is 2. The lowest BCUT2D eigenvalue weighted by Gasteiger charge is -2.28. The summed E-state index contributed by atoms with van der Waals surface area (Å²) in [5.41, 5.74) is 1.87. The molecule has 2 aromatic rings. The van der Waals surface area contributed by atoms with Crippen molar-refractivity contribution < 1.29 is 14.3 Å². The molecule has 1 aliphatic heterocycles. The molecule has 0 radical (unpaired) electrons. The second-order valence-corrected chi connectivity index (χ2v) is 7.03. The summed E-state index contributed by atoms with van der Waals surface area (Å²) in [6, 6.07) is 7.23. The van der Waals surface area contributed by atoms with Crippen molar-refractivity contribution in [1.29, 1.82) is 0 Å². The van der Waals surface area contributed by atoms with Crippen LogP contribution in [0.25, 0.3) is 0 Å². The normalized spacial score (nSPS) is 16.2. The lowest BCUT2D eigenvalue weighted by molar-refractivity contribution is -0.133. The molecule has 1 N–H and O–H groups in total. The van der Waals surface area contributed by atoms with Gasteiger partial charge >= 0.3 is 5.97 Å². The van der Waals surface area contributed by atoms with Crippen molar-refractivity contribution in [3.63, 3.8) is 0 Å². The SMILES string of the molecule is O=C(CN1CC(=O)Oc2ccccc21)Nc1nc2c(s1)CCCC2. The van der Waals surface area contributed by atoms with Gasteiger partial charge in [-0.3, -0.25) is 4.79 Å². The maximum Gasteiger partial charge on any atom is 0.331 e. The molecule has 24 heavy (non-hydrogen) atoms. The molecule has 4 rings (SSSR count). The monoisotopic (exact) mass is 343 g/mol. The number of fused-ring (bicyclic) bond motifs is 2. The largest absolute Gasteiger partial charge is 0.423 e. The average Bonchev–Trinajstić information content (AvgIpc) is 2.96. The van der Waals surface area contributed by atoms with E-state index >= 15 is 0 Å². The van der Waals surface area contributed by atoms with Crippen molar-refractivity contribution in [2.45, 2.75) is 25.7 Å². The van der Waals surface area contributed by atoms with Crippen LogP contribution in [0.2, 0.25) is 0 Å². The number of carbonyl (C=O) groups excluding carboxylic acids is 2. The maximum atomic E-state index is 12.4. The van der Waals surface area contributed by atoms with Crippen LogP contribution < -0.4 is 15.0 Å². The summed E-state index contributed by atoms with van der Waals surface area (Å²) in [7, 11) is 0. The fourth-order valence-corrected chi connectivity index (χ4v) is 4.15. The van der Waals surface area contributed by atoms with E-state index in [1.54, 1.807) is 28.4 Å². The van der Waals surface area contributed by atoms with Crippen molar-refractivity contribution >= 4 is 34.0 Å². The molecule has 7 heteroatoms. The number of aromatic nitrogens is 1. The molecule has 0 atom stereocenters. The standard InChI is InChI=1S/C17H17N3O3S/c21-15(19-17-18-11-5-1-4-8-14(11)24-17)9-20-10-16(22)23-13-7-3-2-6-12(13)20/h2-3,6-7H,1,4-5,8-10H2,(H,18,19,21). The quantitative estimate of drug-likeness (QED) is 0.684. The van der Waals surface area contributed by atoms with Crippen molar-refractivity contribution in [1.82, 2.24) is 4.98 Å². The minimum Gasteiger partial charge on any atom is -0.423 e. The van der Waals surface area contributed by atoms with E-state index in [9.17, 15) is 9.59 Å². The Balaban J connectivity index is 1.46. The van der Waals surface area contributed by atoms with Crippen LogP contribution in [0.4, 0.5) is 10.8 Å². The Morgan fingerprint density at radius 3 is 3.00 bits per heavy atom. The van der Waals surface area contributed by atoms with Gasteiger partial charge in [-0.1, -0.05) is 12.1 Å². The second-order valence-electron chi connectivity index (χ2n) is 5.94. The van der Waals surface area contributed by atoms with E-state index in [0.717, 1.165) is 30.6 Å². The maximum absolute atomic E-state index is 12.4. The smallest absolute Gasteiger partial charge is 0.331 e. The number of para-hydroxylation sites is 2. The molecule has 1 aromatic carbocycles. The van der Waals surface area contributed by atoms with Gasteiger partial charge in [0.15, 0.2) is 10.9 Å². The number of thiazole rings is 1. The summed E-state index contributed by atoms with van der Waals surface area (Å²) < 4.78 is 5.19. The summed E-state index contributed by atoms with van der Waals surface area (Å²) in [6.45, 7) is 0.162. The summed E-state index contributed by atoms with van der Waals surface area (Å²) in [5, 5.41) is 3.52. The van der Waals surface area contributed by atoms with E-state index in [4.69, 9.17) is 4.74 Å². The number of nitrogens with one attached hydrogen (secondary N) is 1. The molecule has 0 saturated carbocycles. The summed E-state index contributed by atoms with van der Waals surface area (Å²) in [6.07, 6.45) is 4.40. The van der Waals surface area contributed by atoms with Crippen LogP contribution in [0, 0.1) is 0 Å². The average molecular weight is 343 g/mol. The zero-order valence-electron chi connectivity index (χ0n) is 13.1. The van der Waals surface area contributed by atoms with Gasteiger partial charge in [0.05, 0.1) is 17.9 Å². The summed E-state index contributed by atoms with van der Waals surface area (Å²) in [4.78, 5) is 31.6. The fourth-order valence-electron chi connectivity index (χ4n) is 3.08. The number of esters is 1. The van der Waals surface area contributed by atoms with Crippen LogP contribution in [0.15, 0.2) is 24.3 Å². The molecule has 0 spiro atoms. The Morgan fingerprint density at radius 2 is 2.12 bits per heavy atom. The summed E-state index contributed by atoms with van der Waals surface area (Å²) >= 11 is 1.56. The van der Waals surface area contributed by atoms with Crippen LogP contribution in [0.3, 0.4) is 0 Å². The van der Waals surface area contributed by atoms with Crippen molar-refractivity contribution in [3.8, 4) is 5.75 Å². The zero-order valence-corrected chi connectivity index (χ0v) is 13.9. The number of carbonyl (C=O) groups is 2. The van der Waals surface area contributed by atoms with Gasteiger partial charge in [0, 0.05) is 4.88 Å². The fraction of sp³-hybridized carbons (Fsp3) is 0.353. The van der Waals surface area contributed by atoms with Crippen LogP contribution in [-0.4, -0.2) is 29.9 Å². The Kier molecular flexibility index (Phi) is 3.93. The number of ether oxygens (including phenoxy) is 1. The molecular formula is C17H17N3O3S. The highest BCUT2D eigenvalue weighted by Crippen LogP contribution is 2.32. The number of benzene rings is 1. The molecule has 0 fully saturated rings. The predicted octanol–water partition coefficient (Wildman–Crippen LogP) is 2.39. The van der Waals surface area contributed by atoms with E-state index in [1.807, 2.05) is 12.1 Å². The Hall–Kier alpha value is -2.41. The first-order valence-corrected chi connectivity index (χ1v) is 8.84. The van der Waals surface area contributed by atoms with E-state index in [-0.39, 0.29) is 25.0 Å². The number of aryl methyl sites for hydroxylation is 2. The van der Waals surface area contributed by atoms with Gasteiger partial charge < -0.3 is 15.0 Å². The number of amides is 1. The molecule has 1 aromatic heterocycles. The van der Waals surface area contributed by atoms with Gasteiger partial charge in [-0.15, -0.1) is 11.3 Å². The van der Waals surface area contributed by atoms with Gasteiger partial charge in [-0.25, -0.2) is 9.78 Å². The first-order chi connectivity index (χ1) is 11.7. The highest BCUT2D eigenvalue weighted by atomic mass is 32.1. The van der Waals surface area contributed by atoms with Gasteiger partial charge in [-0.2, -0.15) is 0 Å². The molecule has 1 amide bonds. The first kappa shape index (κ1) is 15.1. The first-order valence-electron chi connectivity index (χ1n) is 8.02. The lowest BCUT2D eigenvalue weighted by Crippen LogP contribution is -2.41. The van der Waals surface area contributed by atoms with Crippen LogP contribution >= 0.6 is 11.3 Å². The third kappa shape index (κ3) is 2.99. The molecule has 0 saturated heterocycles. The predicted molar refractivity (Wildman–Crippen MR) is 91.7 cm³/mol. The van der Waals surface area contributed by atoms with Crippen molar-refractivity contribution in [2.24, 2.45) is 0 Å². The minimum atomic E-state index is -0.355. The highest BCUT2D eigenvalue weighted by Gasteiger charge is 2.25. The van der Waals surface area contributed by atoms with Crippen molar-refractivity contribution in [3.05, 3.63) is 34.8 Å². The van der Waals surface area contributed by atoms with Crippen LogP contribution in [-0.2, 0) is 22.4 Å². The van der Waals surface area contributed by atoms with Gasteiger partial charge in [0.25, 0.3) is 0 Å². The van der Waals surface area contributed by atoms with Crippen molar-refractivity contribution in [2.75, 3.05) is 23.3 Å². The lowest BCUT2D eigenvalue weighted by atomic mass is 10.0. The third-order valence-electron chi connectivity index (χ3n) is 4.18. The number of hydrogen-bond donors (Lipinski definition) is 1. The molecule has 0 bridgehead atoms. The van der Waals surface area contributed by atoms with Crippen LogP contribution in [0.5, 0.6) is 5.75 Å². The molecule has 0 unspecified atom stereocenters. The second kappa shape index (κ2) is 6.24. The Morgan fingerprint density at radius 1 is 1.29 bits per heavy atom. The third-order valence-corrected chi connectivity index (χ3v) is 5.25.